The molecule has 7 heteroatoms. The molecule has 2 aromatic heterocycles. The van der Waals surface area contributed by atoms with Crippen LogP contribution in [0.2, 0.25) is 0 Å². The number of anilines is 1. The lowest BCUT2D eigenvalue weighted by Gasteiger charge is -2.30. The first-order valence-electron chi connectivity index (χ1n) is 9.25. The number of ether oxygens (including phenoxy) is 1. The summed E-state index contributed by atoms with van der Waals surface area (Å²) < 4.78 is 5.09. The van der Waals surface area contributed by atoms with E-state index >= 15 is 0 Å². The van der Waals surface area contributed by atoms with Crippen molar-refractivity contribution in [3.8, 4) is 0 Å². The van der Waals surface area contributed by atoms with Crippen LogP contribution in [-0.4, -0.2) is 41.5 Å². The number of rotatable bonds is 3. The average Bonchev–Trinajstić information content (AvgIpc) is 3.24. The highest BCUT2D eigenvalue weighted by molar-refractivity contribution is 7.21. The van der Waals surface area contributed by atoms with E-state index in [0.29, 0.717) is 43.1 Å². The predicted octanol–water partition coefficient (Wildman–Crippen LogP) is 2.78. The number of esters is 1. The fourth-order valence-corrected chi connectivity index (χ4v) is 4.94. The monoisotopic (exact) mass is 373 g/mol. The van der Waals surface area contributed by atoms with E-state index in [0.717, 1.165) is 35.2 Å². The molecule has 1 aliphatic heterocycles. The Morgan fingerprint density at radius 3 is 2.85 bits per heavy atom. The number of piperidine rings is 1. The molecule has 2 aliphatic rings. The molecule has 1 saturated heterocycles. The van der Waals surface area contributed by atoms with Gasteiger partial charge in [0.25, 0.3) is 5.91 Å². The minimum absolute atomic E-state index is 0.0482. The van der Waals surface area contributed by atoms with Gasteiger partial charge in [0.2, 0.25) is 0 Å². The smallest absolute Gasteiger partial charge is 0.309 e. The number of nitrogens with two attached hydrogens (primary N) is 1. The molecule has 2 N–H and O–H groups in total. The van der Waals surface area contributed by atoms with Crippen molar-refractivity contribution in [2.24, 2.45) is 5.92 Å². The molecule has 4 rings (SSSR count). The number of nitrogen functional groups attached to an aromatic ring is 1. The maximum Gasteiger partial charge on any atom is 0.309 e. The Bertz CT molecular complexity index is 869. The molecule has 1 aliphatic carbocycles. The van der Waals surface area contributed by atoms with Crippen molar-refractivity contribution >= 4 is 39.1 Å². The largest absolute Gasteiger partial charge is 0.466 e. The second-order valence-corrected chi connectivity index (χ2v) is 7.96. The van der Waals surface area contributed by atoms with Gasteiger partial charge >= 0.3 is 5.97 Å². The van der Waals surface area contributed by atoms with Gasteiger partial charge in [0.15, 0.2) is 0 Å². The summed E-state index contributed by atoms with van der Waals surface area (Å²) in [6.07, 6.45) is 4.47. The van der Waals surface area contributed by atoms with E-state index in [-0.39, 0.29) is 17.8 Å². The molecule has 0 saturated carbocycles. The van der Waals surface area contributed by atoms with Crippen molar-refractivity contribution in [3.63, 3.8) is 0 Å². The van der Waals surface area contributed by atoms with Crippen molar-refractivity contribution in [1.29, 1.82) is 0 Å². The number of likely N-dealkylation sites (tertiary alicyclic amines) is 1. The number of thiophene rings is 1. The number of hydrogen-bond acceptors (Lipinski definition) is 6. The molecule has 0 atom stereocenters. The van der Waals surface area contributed by atoms with Crippen LogP contribution in [0.5, 0.6) is 0 Å². The molecule has 26 heavy (non-hydrogen) atoms. The lowest BCUT2D eigenvalue weighted by atomic mass is 9.97. The molecular weight excluding hydrogens is 350 g/mol. The molecule has 2 aromatic rings. The van der Waals surface area contributed by atoms with Gasteiger partial charge in [-0.1, -0.05) is 0 Å². The number of nitrogens with zero attached hydrogens (tertiary/aromatic N) is 2. The van der Waals surface area contributed by atoms with Crippen LogP contribution in [0.1, 0.15) is 47.1 Å². The molecule has 3 heterocycles. The summed E-state index contributed by atoms with van der Waals surface area (Å²) in [5, 5.41) is 0.903. The minimum atomic E-state index is -0.153. The number of carbonyl (C=O) groups excluding carboxylic acids is 2. The number of amides is 1. The Balaban J connectivity index is 1.52. The van der Waals surface area contributed by atoms with Crippen LogP contribution in [0.4, 0.5) is 5.69 Å². The molecule has 0 aromatic carbocycles. The van der Waals surface area contributed by atoms with Crippen molar-refractivity contribution in [3.05, 3.63) is 22.2 Å². The van der Waals surface area contributed by atoms with Crippen LogP contribution in [-0.2, 0) is 22.4 Å². The first-order chi connectivity index (χ1) is 12.6. The SMILES string of the molecule is CCOC(=O)C1CCN(C(=O)c2sc3nc4c(cc3c2N)CCC4)CC1. The van der Waals surface area contributed by atoms with Crippen LogP contribution in [0.25, 0.3) is 10.2 Å². The van der Waals surface area contributed by atoms with Crippen molar-refractivity contribution in [2.75, 3.05) is 25.4 Å². The van der Waals surface area contributed by atoms with E-state index < -0.39 is 0 Å². The van der Waals surface area contributed by atoms with Crippen LogP contribution in [0, 0.1) is 5.92 Å². The van der Waals surface area contributed by atoms with Gasteiger partial charge in [-0.05, 0) is 50.7 Å². The molecular formula is C19H23N3O3S. The van der Waals surface area contributed by atoms with Crippen molar-refractivity contribution in [2.45, 2.75) is 39.0 Å². The predicted molar refractivity (Wildman–Crippen MR) is 101 cm³/mol. The summed E-state index contributed by atoms with van der Waals surface area (Å²) in [4.78, 5) is 32.8. The number of pyridine rings is 1. The summed E-state index contributed by atoms with van der Waals surface area (Å²) in [5.41, 5.74) is 9.26. The fourth-order valence-electron chi connectivity index (χ4n) is 3.88. The zero-order chi connectivity index (χ0) is 18.3. The number of fused-ring (bicyclic) bond motifs is 2. The van der Waals surface area contributed by atoms with Gasteiger partial charge < -0.3 is 15.4 Å². The Morgan fingerprint density at radius 2 is 2.12 bits per heavy atom. The van der Waals surface area contributed by atoms with Gasteiger partial charge in [-0.2, -0.15) is 0 Å². The topological polar surface area (TPSA) is 85.5 Å². The van der Waals surface area contributed by atoms with Crippen LogP contribution >= 0.6 is 11.3 Å². The molecule has 0 radical (unpaired) electrons. The lowest BCUT2D eigenvalue weighted by molar-refractivity contribution is -0.149. The number of aromatic nitrogens is 1. The summed E-state index contributed by atoms with van der Waals surface area (Å²) in [7, 11) is 0. The van der Waals surface area contributed by atoms with Crippen LogP contribution < -0.4 is 5.73 Å². The van der Waals surface area contributed by atoms with E-state index in [2.05, 4.69) is 6.07 Å². The Morgan fingerprint density at radius 1 is 1.35 bits per heavy atom. The van der Waals surface area contributed by atoms with Gasteiger partial charge in [-0.3, -0.25) is 9.59 Å². The summed E-state index contributed by atoms with van der Waals surface area (Å²) >= 11 is 1.39. The van der Waals surface area contributed by atoms with E-state index in [4.69, 9.17) is 15.5 Å². The fraction of sp³-hybridized carbons (Fsp3) is 0.526. The quantitative estimate of drug-likeness (QED) is 0.836. The van der Waals surface area contributed by atoms with Gasteiger partial charge in [0, 0.05) is 24.2 Å². The maximum absolute atomic E-state index is 13.0. The molecule has 138 valence electrons. The van der Waals surface area contributed by atoms with Gasteiger partial charge in [-0.25, -0.2) is 4.98 Å². The summed E-state index contributed by atoms with van der Waals surface area (Å²) in [6.45, 7) is 3.32. The second-order valence-electron chi connectivity index (χ2n) is 6.96. The highest BCUT2D eigenvalue weighted by Gasteiger charge is 2.30. The minimum Gasteiger partial charge on any atom is -0.466 e. The molecule has 1 amide bonds. The summed E-state index contributed by atoms with van der Waals surface area (Å²) in [5.74, 6) is -0.309. The number of aryl methyl sites for hydroxylation is 2. The van der Waals surface area contributed by atoms with E-state index in [1.807, 2.05) is 6.92 Å². The Kier molecular flexibility index (Phi) is 4.56. The number of carbonyl (C=O) groups is 2. The standard InChI is InChI=1S/C19H23N3O3S/c1-2-25-19(24)11-6-8-22(9-7-11)18(23)16-15(20)13-10-12-4-3-5-14(12)21-17(13)26-16/h10-11H,2-9,20H2,1H3. The summed E-state index contributed by atoms with van der Waals surface area (Å²) in [6, 6.07) is 2.11. The third-order valence-corrected chi connectivity index (χ3v) is 6.45. The van der Waals surface area contributed by atoms with E-state index in [9.17, 15) is 9.59 Å². The third kappa shape index (κ3) is 2.94. The zero-order valence-corrected chi connectivity index (χ0v) is 15.7. The molecule has 1 fully saturated rings. The molecule has 6 nitrogen and oxygen atoms in total. The molecule has 0 unspecified atom stereocenters. The second kappa shape index (κ2) is 6.87. The maximum atomic E-state index is 13.0. The van der Waals surface area contributed by atoms with Crippen LogP contribution in [0.3, 0.4) is 0 Å². The zero-order valence-electron chi connectivity index (χ0n) is 14.9. The van der Waals surface area contributed by atoms with Gasteiger partial charge in [-0.15, -0.1) is 11.3 Å². The van der Waals surface area contributed by atoms with Gasteiger partial charge in [0.1, 0.15) is 9.71 Å². The van der Waals surface area contributed by atoms with Crippen molar-refractivity contribution < 1.29 is 14.3 Å². The molecule has 0 bridgehead atoms. The highest BCUT2D eigenvalue weighted by atomic mass is 32.1. The normalized spacial score (nSPS) is 17.5. The number of hydrogen-bond donors (Lipinski definition) is 1. The lowest BCUT2D eigenvalue weighted by Crippen LogP contribution is -2.40. The van der Waals surface area contributed by atoms with Gasteiger partial charge in [0.05, 0.1) is 18.2 Å². The van der Waals surface area contributed by atoms with E-state index in [1.165, 1.54) is 16.9 Å². The van der Waals surface area contributed by atoms with E-state index in [1.54, 1.807) is 4.90 Å². The first-order valence-corrected chi connectivity index (χ1v) is 10.1. The van der Waals surface area contributed by atoms with Crippen LogP contribution in [0.15, 0.2) is 6.07 Å². The first kappa shape index (κ1) is 17.3. The highest BCUT2D eigenvalue weighted by Crippen LogP contribution is 2.37. The Labute approximate surface area is 156 Å². The third-order valence-electron chi connectivity index (χ3n) is 5.35. The average molecular weight is 373 g/mol. The Hall–Kier alpha value is -2.15. The molecule has 0 spiro atoms. The van der Waals surface area contributed by atoms with Crippen molar-refractivity contribution in [1.82, 2.24) is 9.88 Å².